The van der Waals surface area contributed by atoms with Crippen LogP contribution in [0.15, 0.2) is 0 Å². The van der Waals surface area contributed by atoms with Gasteiger partial charge in [-0.25, -0.2) is 0 Å². The normalized spacial score (nSPS) is 10.7. The molecule has 0 saturated carbocycles. The first-order chi connectivity index (χ1) is 3.56. The molecule has 0 fully saturated rings. The summed E-state index contributed by atoms with van der Waals surface area (Å²) >= 11 is 0. The average Bonchev–Trinajstić information content (AvgIpc) is 1.59. The molecule has 0 aliphatic heterocycles. The monoisotopic (exact) mass is 168 g/mol. The summed E-state index contributed by atoms with van der Waals surface area (Å²) in [5.74, 6) is 0. The molecular formula is C2H6ClNaO5. The van der Waals surface area contributed by atoms with Gasteiger partial charge in [-0.1, -0.05) is 0 Å². The Morgan fingerprint density at radius 2 is 1.78 bits per heavy atom. The zero-order chi connectivity index (χ0) is 6.62. The maximum atomic E-state index is 9.47. The van der Waals surface area contributed by atoms with Crippen LogP contribution >= 0.6 is 0 Å². The summed E-state index contributed by atoms with van der Waals surface area (Å²) in [4.78, 5) is 0. The Bertz CT molecular complexity index is 62.5. The maximum absolute atomic E-state index is 9.47. The van der Waals surface area contributed by atoms with Gasteiger partial charge < -0.3 is 5.11 Å². The summed E-state index contributed by atoms with van der Waals surface area (Å²) in [6, 6.07) is 0. The Hall–Kier alpha value is 1.09. The minimum Gasteiger partial charge on any atom is -0.393 e. The molecule has 0 rings (SSSR count). The van der Waals surface area contributed by atoms with Gasteiger partial charge in [0.15, 0.2) is 0 Å². The van der Waals surface area contributed by atoms with Gasteiger partial charge in [-0.2, -0.15) is 14.0 Å². The molecule has 0 aromatic carbocycles. The predicted octanol–water partition coefficient (Wildman–Crippen LogP) is -4.76. The zero-order valence-electron chi connectivity index (χ0n) is 3.87. The summed E-state index contributed by atoms with van der Waals surface area (Å²) in [5, 5.41) is 7.90. The van der Waals surface area contributed by atoms with E-state index in [1.54, 1.807) is 0 Å². The summed E-state index contributed by atoms with van der Waals surface area (Å²) < 4.78 is 31.9. The van der Waals surface area contributed by atoms with Crippen molar-refractivity contribution >= 4 is 29.6 Å². The smallest absolute Gasteiger partial charge is 0.226 e. The first-order valence-corrected chi connectivity index (χ1v) is 2.96. The van der Waals surface area contributed by atoms with Crippen molar-refractivity contribution in [3.63, 3.8) is 0 Å². The Morgan fingerprint density at radius 3 is 1.89 bits per heavy atom. The van der Waals surface area contributed by atoms with Crippen LogP contribution in [-0.2, 0) is 4.29 Å². The Balaban J connectivity index is 0. The SMILES string of the molecule is [NaH].[O-][Cl+3]([O-])([O-])OCCO. The van der Waals surface area contributed by atoms with E-state index in [0.717, 1.165) is 0 Å². The molecule has 0 saturated heterocycles. The minimum absolute atomic E-state index is 0. The fourth-order valence-electron chi connectivity index (χ4n) is 0.129. The molecular weight excluding hydrogens is 162 g/mol. The number of hydrogen-bond acceptors (Lipinski definition) is 5. The second-order valence-electron chi connectivity index (χ2n) is 0.915. The Labute approximate surface area is 76.3 Å². The van der Waals surface area contributed by atoms with Crippen molar-refractivity contribution in [2.45, 2.75) is 0 Å². The van der Waals surface area contributed by atoms with Gasteiger partial charge >= 0.3 is 29.6 Å². The van der Waals surface area contributed by atoms with Crippen LogP contribution in [0, 0.1) is 10.2 Å². The van der Waals surface area contributed by atoms with Crippen LogP contribution in [0.1, 0.15) is 0 Å². The van der Waals surface area contributed by atoms with Gasteiger partial charge in [0.05, 0.1) is 21.1 Å². The fourth-order valence-corrected chi connectivity index (χ4v) is 0.387. The van der Waals surface area contributed by atoms with Crippen molar-refractivity contribution in [2.75, 3.05) is 13.2 Å². The summed E-state index contributed by atoms with van der Waals surface area (Å²) in [6.45, 7) is -0.956. The average molecular weight is 169 g/mol. The van der Waals surface area contributed by atoms with Crippen molar-refractivity contribution in [3.05, 3.63) is 0 Å². The third-order valence-corrected chi connectivity index (χ3v) is 0.724. The Kier molecular flexibility index (Phi) is 8.27. The van der Waals surface area contributed by atoms with Crippen LogP contribution in [0.25, 0.3) is 0 Å². The van der Waals surface area contributed by atoms with Gasteiger partial charge in [-0.15, -0.1) is 0 Å². The molecule has 0 atom stereocenters. The van der Waals surface area contributed by atoms with Crippen molar-refractivity contribution in [1.82, 2.24) is 0 Å². The van der Waals surface area contributed by atoms with E-state index >= 15 is 0 Å². The van der Waals surface area contributed by atoms with Gasteiger partial charge in [-0.05, 0) is 0 Å². The standard InChI is InChI=1S/C2H5ClO5.Na.H/c4-1-2-8-3(5,6)7;;/h4H,1-2H2;;. The third kappa shape index (κ3) is 12.3. The molecule has 0 aliphatic rings. The topological polar surface area (TPSA) is 98.6 Å². The van der Waals surface area contributed by atoms with Crippen LogP contribution in [0.5, 0.6) is 0 Å². The summed E-state index contributed by atoms with van der Waals surface area (Å²) in [5.41, 5.74) is 0. The zero-order valence-corrected chi connectivity index (χ0v) is 4.63. The number of aliphatic hydroxyl groups excluding tert-OH is 1. The molecule has 0 aromatic rings. The molecule has 0 spiro atoms. The molecule has 0 radical (unpaired) electrons. The molecule has 0 heterocycles. The number of rotatable bonds is 3. The molecule has 0 bridgehead atoms. The van der Waals surface area contributed by atoms with E-state index in [1.165, 1.54) is 0 Å². The van der Waals surface area contributed by atoms with Crippen LogP contribution in [-0.4, -0.2) is 47.9 Å². The number of hydrogen-bond donors (Lipinski definition) is 1. The molecule has 0 aromatic heterocycles. The number of aliphatic hydroxyl groups is 1. The van der Waals surface area contributed by atoms with Crippen LogP contribution < -0.4 is 14.0 Å². The van der Waals surface area contributed by atoms with Crippen molar-refractivity contribution in [1.29, 1.82) is 0 Å². The second-order valence-corrected chi connectivity index (χ2v) is 1.89. The van der Waals surface area contributed by atoms with E-state index in [4.69, 9.17) is 5.11 Å². The third-order valence-electron chi connectivity index (χ3n) is 0.302. The van der Waals surface area contributed by atoms with Crippen molar-refractivity contribution in [2.24, 2.45) is 0 Å². The first kappa shape index (κ1) is 12.7. The molecule has 5 nitrogen and oxygen atoms in total. The minimum atomic E-state index is -4.35. The predicted molar refractivity (Wildman–Crippen MR) is 20.2 cm³/mol. The quantitative estimate of drug-likeness (QED) is 0.427. The van der Waals surface area contributed by atoms with Gasteiger partial charge in [-0.3, -0.25) is 0 Å². The molecule has 0 aliphatic carbocycles. The van der Waals surface area contributed by atoms with Crippen molar-refractivity contribution in [3.8, 4) is 0 Å². The van der Waals surface area contributed by atoms with Crippen LogP contribution in [0.3, 0.4) is 0 Å². The van der Waals surface area contributed by atoms with E-state index in [0.29, 0.717) is 0 Å². The van der Waals surface area contributed by atoms with E-state index in [2.05, 4.69) is 4.29 Å². The largest absolute Gasteiger partial charge is 0.393 e. The first-order valence-electron chi connectivity index (χ1n) is 1.72. The summed E-state index contributed by atoms with van der Waals surface area (Å²) in [6.07, 6.45) is 0. The Morgan fingerprint density at radius 1 is 1.33 bits per heavy atom. The van der Waals surface area contributed by atoms with Crippen molar-refractivity contribution < 1.29 is 33.6 Å². The van der Waals surface area contributed by atoms with Gasteiger partial charge in [0.1, 0.15) is 0 Å². The van der Waals surface area contributed by atoms with E-state index in [1.807, 2.05) is 0 Å². The van der Waals surface area contributed by atoms with E-state index < -0.39 is 23.5 Å². The van der Waals surface area contributed by atoms with Crippen LogP contribution in [0.2, 0.25) is 0 Å². The molecule has 0 unspecified atom stereocenters. The van der Waals surface area contributed by atoms with Gasteiger partial charge in [0.25, 0.3) is 0 Å². The van der Waals surface area contributed by atoms with E-state index in [-0.39, 0.29) is 29.6 Å². The fraction of sp³-hybridized carbons (Fsp3) is 1.00. The molecule has 1 N–H and O–H groups in total. The van der Waals surface area contributed by atoms with Gasteiger partial charge in [0, 0.05) is 0 Å². The van der Waals surface area contributed by atoms with Gasteiger partial charge in [0.2, 0.25) is 6.61 Å². The maximum Gasteiger partial charge on any atom is 0.226 e. The summed E-state index contributed by atoms with van der Waals surface area (Å²) in [7, 11) is -4.35. The molecule has 9 heavy (non-hydrogen) atoms. The molecule has 7 heteroatoms. The van der Waals surface area contributed by atoms with E-state index in [9.17, 15) is 14.0 Å². The second kappa shape index (κ2) is 5.84. The molecule has 52 valence electrons. The molecule has 0 amide bonds. The number of halogens is 1. The van der Waals surface area contributed by atoms with Crippen LogP contribution in [0.4, 0.5) is 0 Å².